The van der Waals surface area contributed by atoms with Gasteiger partial charge in [-0.1, -0.05) is 11.6 Å². The van der Waals surface area contributed by atoms with Gasteiger partial charge in [0.25, 0.3) is 0 Å². The Hall–Kier alpha value is -2.41. The predicted molar refractivity (Wildman–Crippen MR) is 94.8 cm³/mol. The van der Waals surface area contributed by atoms with Gasteiger partial charge in [-0.25, -0.2) is 9.59 Å². The molecule has 1 amide bonds. The number of esters is 2. The molecule has 1 aromatic carbocycles. The van der Waals surface area contributed by atoms with Gasteiger partial charge >= 0.3 is 11.9 Å². The molecule has 142 valence electrons. The van der Waals surface area contributed by atoms with Gasteiger partial charge in [0.05, 0.1) is 13.2 Å². The quantitative estimate of drug-likeness (QED) is 0.399. The van der Waals surface area contributed by atoms with Gasteiger partial charge in [0.1, 0.15) is 0 Å². The summed E-state index contributed by atoms with van der Waals surface area (Å²) in [5.41, 5.74) is -1.70. The third kappa shape index (κ3) is 5.56. The molecule has 1 aromatic rings. The standard InChI is InChI=1S/C18H22ClNO6/c1-4-25-16(23)18(20-12(3)21,17(24)26-5-2)11-10-15(22)13-6-8-14(19)9-7-13/h6-9H,4-5,10-11H2,1-3H3,(H,20,21). The monoisotopic (exact) mass is 383 g/mol. The van der Waals surface area contributed by atoms with Crippen molar-refractivity contribution in [1.29, 1.82) is 0 Å². The first kappa shape index (κ1) is 21.6. The number of hydrogen-bond donors (Lipinski definition) is 1. The molecule has 0 fully saturated rings. The molecule has 0 unspecified atom stereocenters. The Bertz CT molecular complexity index is 653. The van der Waals surface area contributed by atoms with E-state index in [0.717, 1.165) is 6.92 Å². The van der Waals surface area contributed by atoms with Crippen molar-refractivity contribution in [3.8, 4) is 0 Å². The van der Waals surface area contributed by atoms with Gasteiger partial charge in [-0.2, -0.15) is 0 Å². The largest absolute Gasteiger partial charge is 0.464 e. The molecule has 0 heterocycles. The maximum absolute atomic E-state index is 12.4. The van der Waals surface area contributed by atoms with Crippen molar-refractivity contribution in [3.63, 3.8) is 0 Å². The zero-order valence-corrected chi connectivity index (χ0v) is 15.7. The Kier molecular flexibility index (Phi) is 8.25. The predicted octanol–water partition coefficient (Wildman–Crippen LogP) is 2.30. The summed E-state index contributed by atoms with van der Waals surface area (Å²) < 4.78 is 9.89. The van der Waals surface area contributed by atoms with E-state index in [4.69, 9.17) is 21.1 Å². The normalized spacial score (nSPS) is 10.8. The topological polar surface area (TPSA) is 98.8 Å². The summed E-state index contributed by atoms with van der Waals surface area (Å²) in [6, 6.07) is 6.21. The van der Waals surface area contributed by atoms with Crippen LogP contribution in [0.2, 0.25) is 5.02 Å². The van der Waals surface area contributed by atoms with E-state index in [9.17, 15) is 19.2 Å². The van der Waals surface area contributed by atoms with Crippen molar-refractivity contribution in [1.82, 2.24) is 5.32 Å². The maximum Gasteiger partial charge on any atom is 0.343 e. The number of halogens is 1. The zero-order chi connectivity index (χ0) is 19.7. The number of benzene rings is 1. The van der Waals surface area contributed by atoms with Crippen LogP contribution < -0.4 is 5.32 Å². The van der Waals surface area contributed by atoms with E-state index < -0.39 is 23.4 Å². The molecule has 7 nitrogen and oxygen atoms in total. The van der Waals surface area contributed by atoms with Gasteiger partial charge in [0.2, 0.25) is 11.4 Å². The fourth-order valence-corrected chi connectivity index (χ4v) is 2.47. The van der Waals surface area contributed by atoms with Crippen LogP contribution in [0.25, 0.3) is 0 Å². The minimum Gasteiger partial charge on any atom is -0.464 e. The van der Waals surface area contributed by atoms with Crippen molar-refractivity contribution in [3.05, 3.63) is 34.9 Å². The van der Waals surface area contributed by atoms with Crippen LogP contribution in [0.5, 0.6) is 0 Å². The van der Waals surface area contributed by atoms with E-state index in [1.54, 1.807) is 38.1 Å². The molecule has 1 rings (SSSR count). The fraction of sp³-hybridized carbons (Fsp3) is 0.444. The average Bonchev–Trinajstić information content (AvgIpc) is 2.59. The minimum absolute atomic E-state index is 0.00467. The number of carbonyl (C=O) groups is 4. The van der Waals surface area contributed by atoms with Crippen molar-refractivity contribution in [2.75, 3.05) is 13.2 Å². The van der Waals surface area contributed by atoms with Crippen LogP contribution in [0.1, 0.15) is 44.0 Å². The lowest BCUT2D eigenvalue weighted by molar-refractivity contribution is -0.168. The highest BCUT2D eigenvalue weighted by Gasteiger charge is 2.50. The molecule has 0 bridgehead atoms. The molecule has 0 spiro atoms. The number of nitrogens with one attached hydrogen (secondary N) is 1. The number of hydrogen-bond acceptors (Lipinski definition) is 6. The number of Topliss-reactive ketones (excluding diaryl/α,β-unsaturated/α-hetero) is 1. The number of ketones is 1. The van der Waals surface area contributed by atoms with Gasteiger partial charge in [-0.3, -0.25) is 9.59 Å². The molecule has 0 aromatic heterocycles. The number of carbonyl (C=O) groups excluding carboxylic acids is 4. The van der Waals surface area contributed by atoms with Gasteiger partial charge < -0.3 is 14.8 Å². The third-order valence-corrected chi connectivity index (χ3v) is 3.78. The highest BCUT2D eigenvalue weighted by atomic mass is 35.5. The van der Waals surface area contributed by atoms with E-state index in [1.165, 1.54) is 0 Å². The molecule has 0 atom stereocenters. The first-order valence-electron chi connectivity index (χ1n) is 8.18. The van der Waals surface area contributed by atoms with Crippen LogP contribution in [-0.2, 0) is 23.9 Å². The second-order valence-electron chi connectivity index (χ2n) is 5.46. The van der Waals surface area contributed by atoms with E-state index in [0.29, 0.717) is 10.6 Å². The molecule has 0 aliphatic heterocycles. The zero-order valence-electron chi connectivity index (χ0n) is 15.0. The first-order chi connectivity index (χ1) is 12.3. The molecule has 0 saturated carbocycles. The van der Waals surface area contributed by atoms with Crippen molar-refractivity contribution in [2.24, 2.45) is 0 Å². The van der Waals surface area contributed by atoms with Gasteiger partial charge in [-0.05, 0) is 44.5 Å². The third-order valence-electron chi connectivity index (χ3n) is 3.53. The number of ether oxygens (including phenoxy) is 2. The van der Waals surface area contributed by atoms with E-state index in [1.807, 2.05) is 0 Å². The summed E-state index contributed by atoms with van der Waals surface area (Å²) in [6.45, 7) is 4.31. The van der Waals surface area contributed by atoms with Gasteiger partial charge in [0, 0.05) is 23.9 Å². The summed E-state index contributed by atoms with van der Waals surface area (Å²) in [6.07, 6.45) is -0.467. The Labute approximate surface area is 157 Å². The first-order valence-corrected chi connectivity index (χ1v) is 8.56. The maximum atomic E-state index is 12.4. The summed E-state index contributed by atoms with van der Waals surface area (Å²) in [4.78, 5) is 48.9. The van der Waals surface area contributed by atoms with Crippen LogP contribution in [0.15, 0.2) is 24.3 Å². The second kappa shape index (κ2) is 9.91. The molecule has 0 aliphatic carbocycles. The van der Waals surface area contributed by atoms with Crippen LogP contribution in [0.3, 0.4) is 0 Å². The highest BCUT2D eigenvalue weighted by Crippen LogP contribution is 2.21. The summed E-state index contributed by atoms with van der Waals surface area (Å²) >= 11 is 5.79. The van der Waals surface area contributed by atoms with E-state index in [2.05, 4.69) is 5.32 Å². The molecular formula is C18H22ClNO6. The lowest BCUT2D eigenvalue weighted by Gasteiger charge is -2.29. The molecule has 8 heteroatoms. The van der Waals surface area contributed by atoms with Crippen molar-refractivity contribution in [2.45, 2.75) is 39.2 Å². The summed E-state index contributed by atoms with van der Waals surface area (Å²) in [5, 5.41) is 2.80. The van der Waals surface area contributed by atoms with Crippen LogP contribution >= 0.6 is 11.6 Å². The van der Waals surface area contributed by atoms with Crippen LogP contribution in [-0.4, -0.2) is 42.4 Å². The lowest BCUT2D eigenvalue weighted by Crippen LogP contribution is -2.61. The lowest BCUT2D eigenvalue weighted by atomic mass is 9.90. The van der Waals surface area contributed by atoms with E-state index >= 15 is 0 Å². The van der Waals surface area contributed by atoms with Gasteiger partial charge in [-0.15, -0.1) is 0 Å². The molecule has 0 radical (unpaired) electrons. The minimum atomic E-state index is -2.07. The summed E-state index contributed by atoms with van der Waals surface area (Å²) in [7, 11) is 0. The van der Waals surface area contributed by atoms with Crippen LogP contribution in [0.4, 0.5) is 0 Å². The van der Waals surface area contributed by atoms with Crippen LogP contribution in [0, 0.1) is 0 Å². The van der Waals surface area contributed by atoms with Gasteiger partial charge in [0.15, 0.2) is 5.78 Å². The van der Waals surface area contributed by atoms with Crippen molar-refractivity contribution >= 4 is 35.2 Å². The fourth-order valence-electron chi connectivity index (χ4n) is 2.34. The molecule has 0 saturated heterocycles. The molecule has 1 N–H and O–H groups in total. The average molecular weight is 384 g/mol. The number of amides is 1. The Morgan fingerprint density at radius 2 is 1.50 bits per heavy atom. The van der Waals surface area contributed by atoms with E-state index in [-0.39, 0.29) is 31.8 Å². The number of rotatable bonds is 9. The molecular weight excluding hydrogens is 362 g/mol. The highest BCUT2D eigenvalue weighted by molar-refractivity contribution is 6.30. The Morgan fingerprint density at radius 1 is 1.00 bits per heavy atom. The molecule has 0 aliphatic rings. The SMILES string of the molecule is CCOC(=O)C(CCC(=O)c1ccc(Cl)cc1)(NC(C)=O)C(=O)OCC. The Morgan fingerprint density at radius 3 is 1.92 bits per heavy atom. The summed E-state index contributed by atoms with van der Waals surface area (Å²) in [5.74, 6) is -2.86. The smallest absolute Gasteiger partial charge is 0.343 e. The van der Waals surface area contributed by atoms with Crippen molar-refractivity contribution < 1.29 is 28.7 Å². The molecule has 26 heavy (non-hydrogen) atoms. The Balaban J connectivity index is 3.10. The second-order valence-corrected chi connectivity index (χ2v) is 5.89.